The van der Waals surface area contributed by atoms with Crippen molar-refractivity contribution in [1.29, 1.82) is 0 Å². The number of rotatable bonds is 7. The summed E-state index contributed by atoms with van der Waals surface area (Å²) in [5, 5.41) is 11.0. The number of imide groups is 2. The zero-order valence-corrected chi connectivity index (χ0v) is 22.4. The largest absolute Gasteiger partial charge is 0.488 e. The fourth-order valence-corrected chi connectivity index (χ4v) is 4.66. The Kier molecular flexibility index (Phi) is 7.52. The van der Waals surface area contributed by atoms with Crippen molar-refractivity contribution in [2.24, 2.45) is 0 Å². The van der Waals surface area contributed by atoms with E-state index in [9.17, 15) is 24.5 Å². The summed E-state index contributed by atoms with van der Waals surface area (Å²) in [6.45, 7) is 0.0951. The molecule has 10 heteroatoms. The minimum atomic E-state index is -0.768. The maximum absolute atomic E-state index is 13.5. The Balaban J connectivity index is 1.46. The summed E-state index contributed by atoms with van der Waals surface area (Å²) in [4.78, 5) is 53.0. The Labute approximate surface area is 237 Å². The number of nitro groups is 1. The van der Waals surface area contributed by atoms with E-state index in [1.807, 2.05) is 0 Å². The van der Waals surface area contributed by atoms with Crippen LogP contribution in [0, 0.1) is 10.1 Å². The second kappa shape index (κ2) is 11.3. The first-order valence-electron chi connectivity index (χ1n) is 12.0. The monoisotopic (exact) mass is 597 g/mol. The van der Waals surface area contributed by atoms with Gasteiger partial charge in [0.1, 0.15) is 17.9 Å². The highest BCUT2D eigenvalue weighted by atomic mass is 79.9. The molecule has 4 aromatic carbocycles. The van der Waals surface area contributed by atoms with Gasteiger partial charge in [-0.05, 0) is 69.5 Å². The second-order valence-corrected chi connectivity index (χ2v) is 9.55. The average Bonchev–Trinajstić information content (AvgIpc) is 2.96. The summed E-state index contributed by atoms with van der Waals surface area (Å²) < 4.78 is 6.36. The molecular formula is C30H20BrN3O6. The van der Waals surface area contributed by atoms with Crippen molar-refractivity contribution in [3.8, 4) is 5.75 Å². The topological polar surface area (TPSA) is 110 Å². The number of hydrogen-bond acceptors (Lipinski definition) is 6. The van der Waals surface area contributed by atoms with Gasteiger partial charge >= 0.3 is 6.03 Å². The summed E-state index contributed by atoms with van der Waals surface area (Å²) in [6.07, 6.45) is 1.43. The minimum absolute atomic E-state index is 0.0310. The van der Waals surface area contributed by atoms with E-state index in [1.165, 1.54) is 18.2 Å². The van der Waals surface area contributed by atoms with Crippen molar-refractivity contribution in [2.75, 3.05) is 9.80 Å². The van der Waals surface area contributed by atoms with Gasteiger partial charge in [-0.1, -0.05) is 54.6 Å². The second-order valence-electron chi connectivity index (χ2n) is 8.70. The number of ether oxygens (including phenoxy) is 1. The minimum Gasteiger partial charge on any atom is -0.488 e. The fraction of sp³-hybridized carbons (Fsp3) is 0.0333. The van der Waals surface area contributed by atoms with E-state index in [0.29, 0.717) is 32.7 Å². The molecule has 0 N–H and O–H groups in total. The van der Waals surface area contributed by atoms with Crippen LogP contribution in [0.5, 0.6) is 5.75 Å². The number of nitrogens with zero attached hydrogens (tertiary/aromatic N) is 3. The highest BCUT2D eigenvalue weighted by molar-refractivity contribution is 9.10. The Bertz CT molecular complexity index is 1590. The molecule has 40 heavy (non-hydrogen) atoms. The van der Waals surface area contributed by atoms with Crippen LogP contribution in [0.15, 0.2) is 113 Å². The van der Waals surface area contributed by atoms with Crippen LogP contribution >= 0.6 is 15.9 Å². The molecule has 0 radical (unpaired) electrons. The first-order chi connectivity index (χ1) is 19.3. The van der Waals surface area contributed by atoms with Gasteiger partial charge in [0.15, 0.2) is 0 Å². The lowest BCUT2D eigenvalue weighted by molar-refractivity contribution is -0.384. The zero-order chi connectivity index (χ0) is 28.2. The molecule has 0 aromatic heterocycles. The first kappa shape index (κ1) is 26.5. The van der Waals surface area contributed by atoms with Crippen LogP contribution in [0.4, 0.5) is 21.9 Å². The summed E-state index contributed by atoms with van der Waals surface area (Å²) in [5.74, 6) is -1.02. The van der Waals surface area contributed by atoms with Crippen LogP contribution in [-0.4, -0.2) is 22.8 Å². The van der Waals surface area contributed by atoms with Crippen molar-refractivity contribution in [3.63, 3.8) is 0 Å². The first-order valence-corrected chi connectivity index (χ1v) is 12.8. The Morgan fingerprint density at radius 3 is 1.93 bits per heavy atom. The standard InChI is InChI=1S/C30H20BrN3O6/c31-26-18-20(14-15-27(26)40-19-21-8-7-13-24(16-21)34(38)39)17-25-28(35)32(22-9-3-1-4-10-22)30(37)33(29(25)36)23-11-5-2-6-12-23/h1-18H,19H2. The molecule has 5 rings (SSSR count). The molecule has 0 atom stereocenters. The van der Waals surface area contributed by atoms with Crippen LogP contribution in [0.3, 0.4) is 0 Å². The zero-order valence-electron chi connectivity index (χ0n) is 20.8. The fourth-order valence-electron chi connectivity index (χ4n) is 4.15. The van der Waals surface area contributed by atoms with Gasteiger partial charge < -0.3 is 4.74 Å². The van der Waals surface area contributed by atoms with Gasteiger partial charge in [0.05, 0.1) is 20.8 Å². The summed E-state index contributed by atoms with van der Waals surface area (Å²) in [6, 6.07) is 27.2. The van der Waals surface area contributed by atoms with E-state index in [0.717, 1.165) is 9.80 Å². The van der Waals surface area contributed by atoms with Gasteiger partial charge in [-0.3, -0.25) is 19.7 Å². The number of amides is 4. The van der Waals surface area contributed by atoms with Crippen LogP contribution in [0.25, 0.3) is 6.08 Å². The third-order valence-electron chi connectivity index (χ3n) is 6.06. The van der Waals surface area contributed by atoms with Gasteiger partial charge in [-0.25, -0.2) is 14.6 Å². The molecule has 0 spiro atoms. The summed E-state index contributed by atoms with van der Waals surface area (Å²) in [5.41, 5.74) is 1.59. The van der Waals surface area contributed by atoms with Crippen molar-refractivity contribution in [2.45, 2.75) is 6.61 Å². The number of benzene rings is 4. The molecular weight excluding hydrogens is 578 g/mol. The number of barbiturate groups is 1. The lowest BCUT2D eigenvalue weighted by Crippen LogP contribution is -2.57. The Morgan fingerprint density at radius 2 is 1.38 bits per heavy atom. The Morgan fingerprint density at radius 1 is 0.775 bits per heavy atom. The summed E-state index contributed by atoms with van der Waals surface area (Å²) >= 11 is 3.45. The van der Waals surface area contributed by atoms with E-state index >= 15 is 0 Å². The van der Waals surface area contributed by atoms with Gasteiger partial charge in [0.25, 0.3) is 17.5 Å². The lowest BCUT2D eigenvalue weighted by Gasteiger charge is -2.33. The van der Waals surface area contributed by atoms with E-state index < -0.39 is 22.8 Å². The van der Waals surface area contributed by atoms with Gasteiger partial charge in [-0.2, -0.15) is 0 Å². The maximum atomic E-state index is 13.5. The number of carbonyl (C=O) groups is 3. The van der Waals surface area contributed by atoms with E-state index in [1.54, 1.807) is 91.0 Å². The number of non-ortho nitro benzene ring substituents is 1. The van der Waals surface area contributed by atoms with Gasteiger partial charge in [0.2, 0.25) is 0 Å². The van der Waals surface area contributed by atoms with Crippen LogP contribution in [-0.2, 0) is 16.2 Å². The molecule has 1 fully saturated rings. The molecule has 9 nitrogen and oxygen atoms in total. The van der Waals surface area contributed by atoms with Crippen LogP contribution < -0.4 is 14.5 Å². The van der Waals surface area contributed by atoms with Crippen LogP contribution in [0.2, 0.25) is 0 Å². The maximum Gasteiger partial charge on any atom is 0.343 e. The number of halogens is 1. The smallest absolute Gasteiger partial charge is 0.343 e. The quantitative estimate of drug-likeness (QED) is 0.104. The van der Waals surface area contributed by atoms with Crippen LogP contribution in [0.1, 0.15) is 11.1 Å². The number of hydrogen-bond donors (Lipinski definition) is 0. The molecule has 0 saturated carbocycles. The molecule has 4 amide bonds. The number of anilines is 2. The third-order valence-corrected chi connectivity index (χ3v) is 6.68. The molecule has 198 valence electrons. The predicted octanol–water partition coefficient (Wildman–Crippen LogP) is 6.52. The molecule has 4 aromatic rings. The van der Waals surface area contributed by atoms with Crippen molar-refractivity contribution in [1.82, 2.24) is 0 Å². The number of carbonyl (C=O) groups excluding carboxylic acids is 3. The van der Waals surface area contributed by atoms with Crippen molar-refractivity contribution >= 4 is 56.9 Å². The van der Waals surface area contributed by atoms with E-state index in [4.69, 9.17) is 4.74 Å². The average molecular weight is 598 g/mol. The highest BCUT2D eigenvalue weighted by Crippen LogP contribution is 2.32. The number of para-hydroxylation sites is 2. The third kappa shape index (κ3) is 5.38. The molecule has 1 aliphatic heterocycles. The van der Waals surface area contributed by atoms with Crippen molar-refractivity contribution < 1.29 is 24.0 Å². The molecule has 0 bridgehead atoms. The van der Waals surface area contributed by atoms with E-state index in [2.05, 4.69) is 15.9 Å². The summed E-state index contributed by atoms with van der Waals surface area (Å²) in [7, 11) is 0. The number of nitro benzene ring substituents is 1. The van der Waals surface area contributed by atoms with E-state index in [-0.39, 0.29) is 17.9 Å². The molecule has 1 saturated heterocycles. The molecule has 0 unspecified atom stereocenters. The normalized spacial score (nSPS) is 13.4. The SMILES string of the molecule is O=C1C(=Cc2ccc(OCc3cccc([N+](=O)[O-])c3)c(Br)c2)C(=O)N(c2ccccc2)C(=O)N1c1ccccc1. The van der Waals surface area contributed by atoms with Crippen molar-refractivity contribution in [3.05, 3.63) is 134 Å². The molecule has 0 aliphatic carbocycles. The Hall–Kier alpha value is -5.09. The van der Waals surface area contributed by atoms with Gasteiger partial charge in [0, 0.05) is 12.1 Å². The highest BCUT2D eigenvalue weighted by Gasteiger charge is 2.43. The molecule has 1 aliphatic rings. The lowest BCUT2D eigenvalue weighted by atomic mass is 10.0. The molecule has 1 heterocycles. The van der Waals surface area contributed by atoms with Gasteiger partial charge in [-0.15, -0.1) is 0 Å². The predicted molar refractivity (Wildman–Crippen MR) is 153 cm³/mol. The number of urea groups is 1.